The Morgan fingerprint density at radius 1 is 1.45 bits per heavy atom. The molecule has 0 unspecified atom stereocenters. The smallest absolute Gasteiger partial charge is 0.410 e. The van der Waals surface area contributed by atoms with Gasteiger partial charge in [-0.2, -0.15) is 0 Å². The van der Waals surface area contributed by atoms with E-state index < -0.39 is 0 Å². The van der Waals surface area contributed by atoms with Gasteiger partial charge in [0.2, 0.25) is 0 Å². The molecular formula is C8H11NO2. The van der Waals surface area contributed by atoms with Gasteiger partial charge in [0, 0.05) is 0 Å². The Hall–Kier alpha value is -0.990. The third-order valence-electron chi connectivity index (χ3n) is 2.38. The Bertz CT molecular complexity index is 198. The summed E-state index contributed by atoms with van der Waals surface area (Å²) in [5, 5.41) is 0. The summed E-state index contributed by atoms with van der Waals surface area (Å²) in [7, 11) is 1.43. The van der Waals surface area contributed by atoms with Crippen molar-refractivity contribution in [2.45, 2.75) is 24.9 Å². The van der Waals surface area contributed by atoms with Crippen molar-refractivity contribution >= 4 is 6.09 Å². The fourth-order valence-corrected chi connectivity index (χ4v) is 1.72. The molecular weight excluding hydrogens is 142 g/mol. The van der Waals surface area contributed by atoms with E-state index >= 15 is 0 Å². The summed E-state index contributed by atoms with van der Waals surface area (Å²) in [5.74, 6) is 0. The molecule has 0 aromatic carbocycles. The molecule has 1 aliphatic carbocycles. The van der Waals surface area contributed by atoms with E-state index in [-0.39, 0.29) is 6.09 Å². The van der Waals surface area contributed by atoms with Gasteiger partial charge >= 0.3 is 6.09 Å². The second-order valence-corrected chi connectivity index (χ2v) is 2.95. The highest BCUT2D eigenvalue weighted by molar-refractivity contribution is 5.72. The zero-order valence-electron chi connectivity index (χ0n) is 6.49. The molecule has 1 saturated heterocycles. The third kappa shape index (κ3) is 0.914. The van der Waals surface area contributed by atoms with Gasteiger partial charge in [-0.05, 0) is 12.8 Å². The summed E-state index contributed by atoms with van der Waals surface area (Å²) in [6.07, 6.45) is 6.08. The lowest BCUT2D eigenvalue weighted by molar-refractivity contribution is 0.150. The zero-order valence-corrected chi connectivity index (χ0v) is 6.49. The summed E-state index contributed by atoms with van der Waals surface area (Å²) in [6, 6.07) is 0.875. The van der Waals surface area contributed by atoms with E-state index in [0.29, 0.717) is 12.1 Å². The minimum absolute atomic E-state index is 0.177. The Balaban J connectivity index is 1.98. The quantitative estimate of drug-likeness (QED) is 0.386. The van der Waals surface area contributed by atoms with E-state index in [1.165, 1.54) is 7.11 Å². The van der Waals surface area contributed by atoms with Crippen LogP contribution in [0.25, 0.3) is 0 Å². The van der Waals surface area contributed by atoms with Crippen LogP contribution in [0.1, 0.15) is 12.8 Å². The molecule has 0 saturated carbocycles. The average molecular weight is 153 g/mol. The molecule has 3 heteroatoms. The van der Waals surface area contributed by atoms with Gasteiger partial charge in [-0.3, -0.25) is 4.90 Å². The summed E-state index contributed by atoms with van der Waals surface area (Å²) < 4.78 is 4.63. The van der Waals surface area contributed by atoms with Crippen molar-refractivity contribution in [2.75, 3.05) is 7.11 Å². The Kier molecular flexibility index (Phi) is 1.37. The zero-order chi connectivity index (χ0) is 7.84. The number of fused-ring (bicyclic) bond motifs is 1. The van der Waals surface area contributed by atoms with Gasteiger partial charge < -0.3 is 4.74 Å². The van der Waals surface area contributed by atoms with Crippen molar-refractivity contribution in [3.8, 4) is 0 Å². The molecule has 2 rings (SSSR count). The molecule has 0 N–H and O–H groups in total. The van der Waals surface area contributed by atoms with Crippen LogP contribution in [-0.4, -0.2) is 30.2 Å². The van der Waals surface area contributed by atoms with E-state index in [4.69, 9.17) is 0 Å². The van der Waals surface area contributed by atoms with Crippen molar-refractivity contribution in [3.63, 3.8) is 0 Å². The summed E-state index contributed by atoms with van der Waals surface area (Å²) in [4.78, 5) is 12.8. The Labute approximate surface area is 65.6 Å². The largest absolute Gasteiger partial charge is 0.453 e. The lowest BCUT2D eigenvalue weighted by Crippen LogP contribution is -2.13. The Morgan fingerprint density at radius 2 is 2.00 bits per heavy atom. The normalized spacial score (nSPS) is 33.0. The van der Waals surface area contributed by atoms with E-state index in [1.807, 2.05) is 0 Å². The molecule has 0 aromatic rings. The van der Waals surface area contributed by atoms with E-state index in [0.717, 1.165) is 12.8 Å². The number of hydrogen-bond donors (Lipinski definition) is 0. The molecule has 60 valence electrons. The number of amides is 1. The fourth-order valence-electron chi connectivity index (χ4n) is 1.72. The van der Waals surface area contributed by atoms with Crippen LogP contribution in [0.3, 0.4) is 0 Å². The minimum Gasteiger partial charge on any atom is -0.453 e. The van der Waals surface area contributed by atoms with Crippen LogP contribution in [0.15, 0.2) is 12.2 Å². The number of rotatable bonds is 0. The first-order valence-electron chi connectivity index (χ1n) is 3.86. The maximum atomic E-state index is 11.0. The van der Waals surface area contributed by atoms with Gasteiger partial charge in [-0.15, -0.1) is 0 Å². The lowest BCUT2D eigenvalue weighted by Gasteiger charge is -1.99. The topological polar surface area (TPSA) is 29.3 Å². The van der Waals surface area contributed by atoms with Crippen molar-refractivity contribution in [3.05, 3.63) is 12.2 Å². The molecule has 0 radical (unpaired) electrons. The van der Waals surface area contributed by atoms with Gasteiger partial charge in [-0.1, -0.05) is 12.2 Å². The van der Waals surface area contributed by atoms with Crippen LogP contribution in [0.5, 0.6) is 0 Å². The first-order valence-corrected chi connectivity index (χ1v) is 3.86. The molecule has 1 amide bonds. The van der Waals surface area contributed by atoms with Crippen LogP contribution in [0.2, 0.25) is 0 Å². The molecule has 0 bridgehead atoms. The maximum Gasteiger partial charge on any atom is 0.410 e. The van der Waals surface area contributed by atoms with Crippen LogP contribution >= 0.6 is 0 Å². The minimum atomic E-state index is -0.177. The summed E-state index contributed by atoms with van der Waals surface area (Å²) in [5.41, 5.74) is 0. The molecule has 11 heavy (non-hydrogen) atoms. The number of carbonyl (C=O) groups excluding carboxylic acids is 1. The Morgan fingerprint density at radius 3 is 2.45 bits per heavy atom. The molecule has 2 atom stereocenters. The van der Waals surface area contributed by atoms with Crippen molar-refractivity contribution in [1.82, 2.24) is 4.90 Å². The highest BCUT2D eigenvalue weighted by Gasteiger charge is 2.50. The van der Waals surface area contributed by atoms with Crippen LogP contribution in [-0.2, 0) is 4.74 Å². The molecule has 3 nitrogen and oxygen atoms in total. The maximum absolute atomic E-state index is 11.0. The van der Waals surface area contributed by atoms with Crippen molar-refractivity contribution in [1.29, 1.82) is 0 Å². The van der Waals surface area contributed by atoms with E-state index in [9.17, 15) is 4.79 Å². The van der Waals surface area contributed by atoms with Crippen molar-refractivity contribution in [2.24, 2.45) is 0 Å². The predicted molar refractivity (Wildman–Crippen MR) is 40.2 cm³/mol. The second kappa shape index (κ2) is 2.26. The molecule has 1 heterocycles. The monoisotopic (exact) mass is 153 g/mol. The van der Waals surface area contributed by atoms with Gasteiger partial charge in [-0.25, -0.2) is 4.79 Å². The SMILES string of the molecule is COC(=O)N1[C@H]2CC=CC[C@@H]21. The number of ether oxygens (including phenoxy) is 1. The fraction of sp³-hybridized carbons (Fsp3) is 0.625. The number of nitrogens with zero attached hydrogens (tertiary/aromatic N) is 1. The predicted octanol–water partition coefficient (Wildman–Crippen LogP) is 1.16. The first kappa shape index (κ1) is 6.70. The van der Waals surface area contributed by atoms with Gasteiger partial charge in [0.15, 0.2) is 0 Å². The van der Waals surface area contributed by atoms with Crippen LogP contribution in [0, 0.1) is 0 Å². The molecule has 2 aliphatic rings. The molecule has 0 spiro atoms. The lowest BCUT2D eigenvalue weighted by atomic mass is 10.1. The average Bonchev–Trinajstić information content (AvgIpc) is 2.77. The van der Waals surface area contributed by atoms with Crippen molar-refractivity contribution < 1.29 is 9.53 Å². The van der Waals surface area contributed by atoms with Gasteiger partial charge in [0.1, 0.15) is 0 Å². The number of methoxy groups -OCH3 is 1. The highest BCUT2D eigenvalue weighted by Crippen LogP contribution is 2.37. The van der Waals surface area contributed by atoms with Gasteiger partial charge in [0.25, 0.3) is 0 Å². The van der Waals surface area contributed by atoms with Crippen LogP contribution < -0.4 is 0 Å². The summed E-state index contributed by atoms with van der Waals surface area (Å²) >= 11 is 0. The number of carbonyl (C=O) groups is 1. The highest BCUT2D eigenvalue weighted by atomic mass is 16.5. The first-order chi connectivity index (χ1) is 5.34. The molecule has 1 aliphatic heterocycles. The molecule has 1 fully saturated rings. The summed E-state index contributed by atoms with van der Waals surface area (Å²) in [6.45, 7) is 0. The standard InChI is InChI=1S/C8H11NO2/c1-11-8(10)9-6-4-2-3-5-7(6)9/h2-3,6-7H,4-5H2,1H3/t6-,7-/m0/s1. The van der Waals surface area contributed by atoms with E-state index in [1.54, 1.807) is 4.90 Å². The third-order valence-corrected chi connectivity index (χ3v) is 2.38. The van der Waals surface area contributed by atoms with Crippen LogP contribution in [0.4, 0.5) is 4.79 Å². The number of hydrogen-bond acceptors (Lipinski definition) is 2. The van der Waals surface area contributed by atoms with Gasteiger partial charge in [0.05, 0.1) is 19.2 Å². The second-order valence-electron chi connectivity index (χ2n) is 2.95. The molecule has 0 aromatic heterocycles. The van der Waals surface area contributed by atoms with E-state index in [2.05, 4.69) is 16.9 Å².